The Bertz CT molecular complexity index is 994. The minimum Gasteiger partial charge on any atom is -0.351 e. The predicted molar refractivity (Wildman–Crippen MR) is 112 cm³/mol. The van der Waals surface area contributed by atoms with Crippen molar-refractivity contribution in [3.8, 4) is 11.5 Å². The molecule has 3 aliphatic rings. The number of pyridine rings is 1. The van der Waals surface area contributed by atoms with Gasteiger partial charge >= 0.3 is 0 Å². The van der Waals surface area contributed by atoms with Gasteiger partial charge in [-0.1, -0.05) is 17.7 Å². The molecule has 2 heterocycles. The molecule has 2 N–H and O–H groups in total. The fourth-order valence-corrected chi connectivity index (χ4v) is 5.29. The third-order valence-electron chi connectivity index (χ3n) is 6.59. The van der Waals surface area contributed by atoms with Crippen LogP contribution in [0.2, 0.25) is 5.15 Å². The van der Waals surface area contributed by atoms with Gasteiger partial charge in [0.25, 0.3) is 0 Å². The molecule has 3 fully saturated rings. The van der Waals surface area contributed by atoms with Crippen LogP contribution in [0.3, 0.4) is 0 Å². The van der Waals surface area contributed by atoms with Gasteiger partial charge in [-0.15, -0.1) is 0 Å². The summed E-state index contributed by atoms with van der Waals surface area (Å²) in [6, 6.07) is 4.90. The van der Waals surface area contributed by atoms with Gasteiger partial charge < -0.3 is 10.6 Å². The van der Waals surface area contributed by atoms with Crippen LogP contribution in [-0.4, -0.2) is 43.9 Å². The van der Waals surface area contributed by atoms with Crippen molar-refractivity contribution >= 4 is 23.5 Å². The van der Waals surface area contributed by atoms with Crippen molar-refractivity contribution in [3.63, 3.8) is 0 Å². The first-order valence-corrected chi connectivity index (χ1v) is 11.1. The van der Waals surface area contributed by atoms with Gasteiger partial charge in [0.15, 0.2) is 5.82 Å². The minimum absolute atomic E-state index is 0.00473. The van der Waals surface area contributed by atoms with E-state index in [2.05, 4.69) is 30.6 Å². The van der Waals surface area contributed by atoms with Crippen molar-refractivity contribution in [2.45, 2.75) is 75.3 Å². The van der Waals surface area contributed by atoms with Gasteiger partial charge in [-0.05, 0) is 43.2 Å². The first-order valence-electron chi connectivity index (χ1n) is 10.8. The van der Waals surface area contributed by atoms with Crippen molar-refractivity contribution in [3.05, 3.63) is 23.4 Å². The second-order valence-corrected chi connectivity index (χ2v) is 9.77. The SMILES string of the molecule is FC1(F)CCC(Nc2nc(NC3CC4(C3)CC(F)(F)C4)nc(-c3cccc(Cl)n3)n2)CC1. The third-order valence-corrected chi connectivity index (χ3v) is 6.80. The highest BCUT2D eigenvalue weighted by Crippen LogP contribution is 2.62. The van der Waals surface area contributed by atoms with Crippen LogP contribution in [0.4, 0.5) is 29.5 Å². The van der Waals surface area contributed by atoms with E-state index in [4.69, 9.17) is 11.6 Å². The molecule has 0 amide bonds. The Kier molecular flexibility index (Phi) is 5.18. The summed E-state index contributed by atoms with van der Waals surface area (Å²) in [7, 11) is 0. The molecule has 32 heavy (non-hydrogen) atoms. The summed E-state index contributed by atoms with van der Waals surface area (Å²) in [5.74, 6) is -4.32. The van der Waals surface area contributed by atoms with E-state index in [-0.39, 0.29) is 60.1 Å². The summed E-state index contributed by atoms with van der Waals surface area (Å²) < 4.78 is 53.5. The lowest BCUT2D eigenvalue weighted by molar-refractivity contribution is -0.193. The van der Waals surface area contributed by atoms with E-state index in [1.54, 1.807) is 18.2 Å². The molecule has 172 valence electrons. The summed E-state index contributed by atoms with van der Waals surface area (Å²) >= 11 is 6.00. The monoisotopic (exact) mass is 470 g/mol. The van der Waals surface area contributed by atoms with Crippen molar-refractivity contribution < 1.29 is 17.6 Å². The fraction of sp³-hybridized carbons (Fsp3) is 0.619. The van der Waals surface area contributed by atoms with E-state index in [1.165, 1.54) is 0 Å². The molecule has 0 aromatic carbocycles. The van der Waals surface area contributed by atoms with Crippen molar-refractivity contribution in [2.24, 2.45) is 5.41 Å². The van der Waals surface area contributed by atoms with Crippen molar-refractivity contribution in [1.82, 2.24) is 19.9 Å². The number of alkyl halides is 4. The maximum atomic E-state index is 13.5. The zero-order valence-electron chi connectivity index (χ0n) is 17.2. The van der Waals surface area contributed by atoms with E-state index in [1.807, 2.05) is 0 Å². The lowest BCUT2D eigenvalue weighted by atomic mass is 9.52. The Morgan fingerprint density at radius 3 is 2.03 bits per heavy atom. The van der Waals surface area contributed by atoms with Crippen LogP contribution in [-0.2, 0) is 0 Å². The number of halogens is 5. The normalized spacial score (nSPS) is 23.9. The van der Waals surface area contributed by atoms with Gasteiger partial charge in [0.05, 0.1) is 0 Å². The summed E-state index contributed by atoms with van der Waals surface area (Å²) in [6.45, 7) is 0. The van der Waals surface area contributed by atoms with Crippen LogP contribution in [0.25, 0.3) is 11.5 Å². The number of hydrogen-bond donors (Lipinski definition) is 2. The van der Waals surface area contributed by atoms with Gasteiger partial charge in [0.2, 0.25) is 23.7 Å². The molecule has 3 aliphatic carbocycles. The molecular weight excluding hydrogens is 448 g/mol. The predicted octanol–water partition coefficient (Wildman–Crippen LogP) is 5.57. The molecule has 1 spiro atoms. The maximum absolute atomic E-state index is 13.5. The number of nitrogens with one attached hydrogen (secondary N) is 2. The second kappa shape index (κ2) is 7.67. The quantitative estimate of drug-likeness (QED) is 0.439. The summed E-state index contributed by atoms with van der Waals surface area (Å²) in [6.07, 6.45) is 1.41. The lowest BCUT2D eigenvalue weighted by Gasteiger charge is -2.57. The second-order valence-electron chi connectivity index (χ2n) is 9.39. The molecule has 2 aromatic heterocycles. The van der Waals surface area contributed by atoms with E-state index < -0.39 is 11.8 Å². The van der Waals surface area contributed by atoms with Gasteiger partial charge in [0, 0.05) is 37.8 Å². The molecule has 0 saturated heterocycles. The number of nitrogens with zero attached hydrogens (tertiary/aromatic N) is 4. The Labute approximate surface area is 187 Å². The Hall–Kier alpha value is -2.23. The van der Waals surface area contributed by atoms with Crippen LogP contribution < -0.4 is 10.6 Å². The number of hydrogen-bond acceptors (Lipinski definition) is 6. The Morgan fingerprint density at radius 2 is 1.44 bits per heavy atom. The molecule has 6 nitrogen and oxygen atoms in total. The highest BCUT2D eigenvalue weighted by molar-refractivity contribution is 6.29. The summed E-state index contributed by atoms with van der Waals surface area (Å²) in [5, 5.41) is 6.65. The van der Waals surface area contributed by atoms with Crippen LogP contribution in [0.15, 0.2) is 18.2 Å². The van der Waals surface area contributed by atoms with Gasteiger partial charge in [-0.2, -0.15) is 15.0 Å². The van der Waals surface area contributed by atoms with Crippen LogP contribution >= 0.6 is 11.6 Å². The number of aromatic nitrogens is 4. The zero-order chi connectivity index (χ0) is 22.6. The largest absolute Gasteiger partial charge is 0.351 e. The number of rotatable bonds is 5. The average molecular weight is 471 g/mol. The highest BCUT2D eigenvalue weighted by atomic mass is 35.5. The van der Waals surface area contributed by atoms with Crippen molar-refractivity contribution in [1.29, 1.82) is 0 Å². The molecule has 11 heteroatoms. The summed E-state index contributed by atoms with van der Waals surface area (Å²) in [5.41, 5.74) is 0.171. The van der Waals surface area contributed by atoms with E-state index >= 15 is 0 Å². The van der Waals surface area contributed by atoms with E-state index in [0.717, 1.165) is 0 Å². The fourth-order valence-electron chi connectivity index (χ4n) is 5.12. The van der Waals surface area contributed by atoms with Gasteiger partial charge in [-0.3, -0.25) is 0 Å². The van der Waals surface area contributed by atoms with Crippen LogP contribution in [0.1, 0.15) is 51.4 Å². The molecule has 5 rings (SSSR count). The molecule has 0 bridgehead atoms. The molecule has 3 saturated carbocycles. The lowest BCUT2D eigenvalue weighted by Crippen LogP contribution is -2.57. The van der Waals surface area contributed by atoms with Gasteiger partial charge in [0.1, 0.15) is 10.8 Å². The van der Waals surface area contributed by atoms with Crippen LogP contribution in [0, 0.1) is 5.41 Å². The minimum atomic E-state index is -2.63. The standard InChI is InChI=1S/C21H23ClF4N6/c22-15-3-1-2-14(29-15)16-30-17(27-12-4-6-20(23,24)7-5-12)32-18(31-16)28-13-8-19(9-13)10-21(25,26)11-19/h1-3,12-13H,4-11H2,(H2,27,28,30,31,32). The average Bonchev–Trinajstić information content (AvgIpc) is 2.67. The Morgan fingerprint density at radius 1 is 0.812 bits per heavy atom. The number of anilines is 2. The molecule has 0 unspecified atom stereocenters. The maximum Gasteiger partial charge on any atom is 0.249 e. The van der Waals surface area contributed by atoms with Crippen molar-refractivity contribution in [2.75, 3.05) is 10.6 Å². The topological polar surface area (TPSA) is 75.6 Å². The smallest absolute Gasteiger partial charge is 0.249 e. The molecule has 0 aliphatic heterocycles. The molecule has 0 radical (unpaired) electrons. The van der Waals surface area contributed by atoms with Crippen LogP contribution in [0.5, 0.6) is 0 Å². The zero-order valence-corrected chi connectivity index (χ0v) is 18.0. The molecule has 0 atom stereocenters. The third kappa shape index (κ3) is 4.60. The Balaban J connectivity index is 1.33. The summed E-state index contributed by atoms with van der Waals surface area (Å²) in [4.78, 5) is 17.5. The highest BCUT2D eigenvalue weighted by Gasteiger charge is 2.61. The molecular formula is C21H23ClF4N6. The van der Waals surface area contributed by atoms with E-state index in [0.29, 0.717) is 37.3 Å². The van der Waals surface area contributed by atoms with Gasteiger partial charge in [-0.25, -0.2) is 22.5 Å². The van der Waals surface area contributed by atoms with E-state index in [9.17, 15) is 17.6 Å². The first-order chi connectivity index (χ1) is 15.1. The first kappa shape index (κ1) is 21.6. The molecule has 2 aromatic rings.